The number of imidazole rings is 1. The number of pyridine rings is 1. The molecule has 0 aliphatic heterocycles. The summed E-state index contributed by atoms with van der Waals surface area (Å²) in [6.45, 7) is 3.05. The molecule has 1 N–H and O–H groups in total. The third-order valence-corrected chi connectivity index (χ3v) is 4.16. The maximum atomic E-state index is 14.0. The molecule has 12 heteroatoms. The molecule has 5 nitrogen and oxygen atoms in total. The number of nitrogens with zero attached hydrogens (tertiary/aromatic N) is 2. The summed E-state index contributed by atoms with van der Waals surface area (Å²) in [4.78, 5) is 10.1. The first-order valence-corrected chi connectivity index (χ1v) is 9.42. The standard InChI is InChI=1S/C21H20F7N3O2/c1-3-4-15(33-12-18-17(22)7-13(10-29-18)21(26,27)28)9-16(32-2)8-14-11-30-19(31-14)5-6-20(23,24)25/h3-4,7,9-11H,1,5-6,8,12H2,2H3,(H,30,31)/b15-4+,16-9+. The van der Waals surface area contributed by atoms with Crippen molar-refractivity contribution in [2.75, 3.05) is 7.11 Å². The molecular formula is C21H20F7N3O2. The summed E-state index contributed by atoms with van der Waals surface area (Å²) in [7, 11) is 1.36. The summed E-state index contributed by atoms with van der Waals surface area (Å²) in [6, 6.07) is 0.327. The molecule has 2 aromatic rings. The number of ether oxygens (including phenoxy) is 2. The van der Waals surface area contributed by atoms with Crippen LogP contribution in [0.25, 0.3) is 0 Å². The van der Waals surface area contributed by atoms with Gasteiger partial charge in [-0.3, -0.25) is 4.98 Å². The van der Waals surface area contributed by atoms with Gasteiger partial charge in [0.25, 0.3) is 0 Å². The Morgan fingerprint density at radius 3 is 2.45 bits per heavy atom. The van der Waals surface area contributed by atoms with Crippen molar-refractivity contribution in [2.24, 2.45) is 0 Å². The molecule has 2 heterocycles. The van der Waals surface area contributed by atoms with Gasteiger partial charge in [-0.15, -0.1) is 0 Å². The number of methoxy groups -OCH3 is 1. The number of aryl methyl sites for hydroxylation is 1. The van der Waals surface area contributed by atoms with Crippen LogP contribution in [0.5, 0.6) is 0 Å². The van der Waals surface area contributed by atoms with Gasteiger partial charge in [0.15, 0.2) is 0 Å². The molecule has 2 rings (SSSR count). The van der Waals surface area contributed by atoms with Crippen LogP contribution in [0.15, 0.2) is 54.8 Å². The molecule has 0 radical (unpaired) electrons. The third-order valence-electron chi connectivity index (χ3n) is 4.16. The van der Waals surface area contributed by atoms with Crippen LogP contribution in [0.1, 0.15) is 29.2 Å². The number of hydrogen-bond donors (Lipinski definition) is 1. The summed E-state index contributed by atoms with van der Waals surface area (Å²) in [5.74, 6) is -0.558. The Morgan fingerprint density at radius 2 is 1.88 bits per heavy atom. The molecule has 0 aromatic carbocycles. The summed E-state index contributed by atoms with van der Waals surface area (Å²) in [6.07, 6.45) is -4.15. The third kappa shape index (κ3) is 8.62. The van der Waals surface area contributed by atoms with Crippen LogP contribution < -0.4 is 0 Å². The Labute approximate surface area is 184 Å². The van der Waals surface area contributed by atoms with Gasteiger partial charge in [0.1, 0.15) is 35.5 Å². The van der Waals surface area contributed by atoms with Crippen LogP contribution in [0.4, 0.5) is 30.7 Å². The number of aromatic nitrogens is 3. The van der Waals surface area contributed by atoms with E-state index in [0.29, 0.717) is 23.7 Å². The zero-order chi connectivity index (χ0) is 24.6. The molecule has 0 bridgehead atoms. The molecule has 0 unspecified atom stereocenters. The lowest BCUT2D eigenvalue weighted by Gasteiger charge is -2.11. The van der Waals surface area contributed by atoms with E-state index in [0.717, 1.165) is 0 Å². The molecule has 2 aromatic heterocycles. The molecule has 33 heavy (non-hydrogen) atoms. The second kappa shape index (κ2) is 11.0. The first-order chi connectivity index (χ1) is 15.4. The maximum Gasteiger partial charge on any atom is 0.417 e. The number of nitrogens with one attached hydrogen (secondary N) is 1. The van der Waals surface area contributed by atoms with Gasteiger partial charge in [-0.05, 0) is 12.1 Å². The van der Waals surface area contributed by atoms with Crippen LogP contribution in [0, 0.1) is 5.82 Å². The quantitative estimate of drug-likeness (QED) is 0.265. The highest BCUT2D eigenvalue weighted by atomic mass is 19.4. The van der Waals surface area contributed by atoms with E-state index < -0.39 is 36.8 Å². The highest BCUT2D eigenvalue weighted by molar-refractivity contribution is 5.23. The van der Waals surface area contributed by atoms with Gasteiger partial charge < -0.3 is 14.5 Å². The van der Waals surface area contributed by atoms with E-state index in [1.165, 1.54) is 31.5 Å². The zero-order valence-electron chi connectivity index (χ0n) is 17.4. The molecule has 0 spiro atoms. The van der Waals surface area contributed by atoms with Gasteiger partial charge in [0, 0.05) is 37.0 Å². The average molecular weight is 479 g/mol. The van der Waals surface area contributed by atoms with E-state index in [1.807, 2.05) is 0 Å². The van der Waals surface area contributed by atoms with Crippen LogP contribution in [-0.2, 0) is 35.1 Å². The van der Waals surface area contributed by atoms with Crippen molar-refractivity contribution in [2.45, 2.75) is 38.2 Å². The molecule has 0 amide bonds. The van der Waals surface area contributed by atoms with Gasteiger partial charge in [0.2, 0.25) is 0 Å². The van der Waals surface area contributed by atoms with E-state index in [1.54, 1.807) is 0 Å². The minimum atomic E-state index is -4.73. The molecule has 0 aliphatic carbocycles. The second-order valence-corrected chi connectivity index (χ2v) is 6.71. The molecule has 0 fully saturated rings. The lowest BCUT2D eigenvalue weighted by atomic mass is 10.2. The molecule has 0 saturated heterocycles. The number of aromatic amines is 1. The maximum absolute atomic E-state index is 14.0. The van der Waals surface area contributed by atoms with Crippen molar-refractivity contribution >= 4 is 0 Å². The summed E-state index contributed by atoms with van der Waals surface area (Å²) >= 11 is 0. The Kier molecular flexibility index (Phi) is 8.66. The minimum absolute atomic E-state index is 0.125. The SMILES string of the molecule is C=C/C=C(\C=C(/Cc1cnc(CCC(F)(F)F)[nH]1)OC)OCc1ncc(C(F)(F)F)cc1F. The van der Waals surface area contributed by atoms with Gasteiger partial charge >= 0.3 is 12.4 Å². The van der Waals surface area contributed by atoms with E-state index in [-0.39, 0.29) is 30.1 Å². The van der Waals surface area contributed by atoms with Crippen molar-refractivity contribution in [1.82, 2.24) is 15.0 Å². The van der Waals surface area contributed by atoms with E-state index in [9.17, 15) is 30.7 Å². The highest BCUT2D eigenvalue weighted by Gasteiger charge is 2.32. The number of hydrogen-bond acceptors (Lipinski definition) is 4. The fraction of sp³-hybridized carbons (Fsp3) is 0.333. The average Bonchev–Trinajstić information content (AvgIpc) is 3.17. The van der Waals surface area contributed by atoms with Crippen molar-refractivity contribution in [3.8, 4) is 0 Å². The van der Waals surface area contributed by atoms with E-state index in [2.05, 4.69) is 21.5 Å². The minimum Gasteiger partial charge on any atom is -0.501 e. The smallest absolute Gasteiger partial charge is 0.417 e. The van der Waals surface area contributed by atoms with Crippen molar-refractivity contribution in [3.05, 3.63) is 83.4 Å². The topological polar surface area (TPSA) is 60.0 Å². The Morgan fingerprint density at radius 1 is 1.15 bits per heavy atom. The van der Waals surface area contributed by atoms with Crippen LogP contribution >= 0.6 is 0 Å². The summed E-state index contributed by atoms with van der Waals surface area (Å²) in [5.41, 5.74) is -1.08. The molecule has 0 atom stereocenters. The molecular weight excluding hydrogens is 459 g/mol. The van der Waals surface area contributed by atoms with Crippen molar-refractivity contribution in [3.63, 3.8) is 0 Å². The lowest BCUT2D eigenvalue weighted by molar-refractivity contribution is -0.138. The van der Waals surface area contributed by atoms with E-state index >= 15 is 0 Å². The number of rotatable bonds is 10. The normalized spacial score (nSPS) is 13.2. The largest absolute Gasteiger partial charge is 0.501 e. The Bertz CT molecular complexity index is 1010. The summed E-state index contributed by atoms with van der Waals surface area (Å²) in [5, 5.41) is 0. The number of alkyl halides is 6. The predicted molar refractivity (Wildman–Crippen MR) is 104 cm³/mol. The highest BCUT2D eigenvalue weighted by Crippen LogP contribution is 2.29. The zero-order valence-corrected chi connectivity index (χ0v) is 17.4. The monoisotopic (exact) mass is 479 g/mol. The Balaban J connectivity index is 2.07. The predicted octanol–water partition coefficient (Wildman–Crippen LogP) is 5.82. The number of halogens is 7. The first kappa shape index (κ1) is 25.9. The second-order valence-electron chi connectivity index (χ2n) is 6.71. The Hall–Kier alpha value is -3.31. The summed E-state index contributed by atoms with van der Waals surface area (Å²) < 4.78 is 99.6. The first-order valence-electron chi connectivity index (χ1n) is 9.42. The van der Waals surface area contributed by atoms with Crippen LogP contribution in [-0.4, -0.2) is 28.2 Å². The van der Waals surface area contributed by atoms with Crippen molar-refractivity contribution < 1.29 is 40.2 Å². The number of H-pyrrole nitrogens is 1. The van der Waals surface area contributed by atoms with Gasteiger partial charge in [-0.2, -0.15) is 26.3 Å². The van der Waals surface area contributed by atoms with Gasteiger partial charge in [-0.25, -0.2) is 9.37 Å². The van der Waals surface area contributed by atoms with Gasteiger partial charge in [0.05, 0.1) is 19.1 Å². The molecule has 0 saturated carbocycles. The fourth-order valence-corrected chi connectivity index (χ4v) is 2.54. The van der Waals surface area contributed by atoms with Crippen LogP contribution in [0.3, 0.4) is 0 Å². The lowest BCUT2D eigenvalue weighted by Crippen LogP contribution is -2.09. The molecule has 0 aliphatic rings. The van der Waals surface area contributed by atoms with Crippen LogP contribution in [0.2, 0.25) is 0 Å². The fourth-order valence-electron chi connectivity index (χ4n) is 2.54. The van der Waals surface area contributed by atoms with E-state index in [4.69, 9.17) is 9.47 Å². The molecule has 180 valence electrons. The van der Waals surface area contributed by atoms with Gasteiger partial charge in [-0.1, -0.05) is 12.7 Å². The van der Waals surface area contributed by atoms with Crippen molar-refractivity contribution in [1.29, 1.82) is 0 Å². The number of allylic oxidation sites excluding steroid dienone is 4.